The number of benzene rings is 1. The molecule has 1 aromatic carbocycles. The maximum atomic E-state index is 12.6. The van der Waals surface area contributed by atoms with Crippen molar-refractivity contribution in [1.29, 1.82) is 0 Å². The highest BCUT2D eigenvalue weighted by atomic mass is 16.5. The minimum Gasteiger partial charge on any atom is -0.496 e. The maximum absolute atomic E-state index is 12.6. The normalized spacial score (nSPS) is 16.6. The van der Waals surface area contributed by atoms with Gasteiger partial charge in [-0.2, -0.15) is 0 Å². The lowest BCUT2D eigenvalue weighted by Crippen LogP contribution is -2.39. The van der Waals surface area contributed by atoms with Crippen LogP contribution >= 0.6 is 0 Å². The minimum absolute atomic E-state index is 0.0734. The molecular weight excluding hydrogens is 418 g/mol. The Kier molecular flexibility index (Phi) is 7.11. The van der Waals surface area contributed by atoms with Crippen molar-refractivity contribution in [2.24, 2.45) is 7.05 Å². The zero-order valence-electron chi connectivity index (χ0n) is 19.5. The van der Waals surface area contributed by atoms with Crippen LogP contribution in [0.3, 0.4) is 0 Å². The molecule has 0 radical (unpaired) electrons. The van der Waals surface area contributed by atoms with E-state index in [0.717, 1.165) is 59.5 Å². The highest BCUT2D eigenvalue weighted by Gasteiger charge is 2.24. The average molecular weight is 450 g/mol. The summed E-state index contributed by atoms with van der Waals surface area (Å²) in [5.41, 5.74) is 2.78. The van der Waals surface area contributed by atoms with E-state index in [0.29, 0.717) is 18.5 Å². The predicted octanol–water partition coefficient (Wildman–Crippen LogP) is 3.78. The first-order valence-corrected chi connectivity index (χ1v) is 11.2. The summed E-state index contributed by atoms with van der Waals surface area (Å²) < 4.78 is 19.1. The third-order valence-corrected chi connectivity index (χ3v) is 6.20. The molecule has 0 bridgehead atoms. The summed E-state index contributed by atoms with van der Waals surface area (Å²) in [6.45, 7) is 6.89. The van der Waals surface area contributed by atoms with E-state index in [1.165, 1.54) is 0 Å². The number of rotatable bonds is 8. The highest BCUT2D eigenvalue weighted by Crippen LogP contribution is 2.38. The molecule has 1 aliphatic rings. The van der Waals surface area contributed by atoms with Crippen molar-refractivity contribution in [3.05, 3.63) is 65.4 Å². The van der Waals surface area contributed by atoms with Crippen LogP contribution in [-0.2, 0) is 18.3 Å². The molecule has 1 atom stereocenters. The van der Waals surface area contributed by atoms with Crippen molar-refractivity contribution in [2.75, 3.05) is 33.9 Å². The number of ether oxygens (including phenoxy) is 3. The van der Waals surface area contributed by atoms with E-state index in [2.05, 4.69) is 16.5 Å². The molecule has 4 rings (SSSR count). The highest BCUT2D eigenvalue weighted by molar-refractivity contribution is 5.95. The Labute approximate surface area is 194 Å². The second-order valence-corrected chi connectivity index (χ2v) is 8.36. The molecule has 1 fully saturated rings. The maximum Gasteiger partial charge on any atom is 0.259 e. The smallest absolute Gasteiger partial charge is 0.259 e. The number of aryl methyl sites for hydroxylation is 1. The van der Waals surface area contributed by atoms with E-state index < -0.39 is 0 Å². The van der Waals surface area contributed by atoms with E-state index in [9.17, 15) is 4.79 Å². The number of piperidine rings is 1. The second-order valence-electron chi connectivity index (χ2n) is 8.36. The quantitative estimate of drug-likeness (QED) is 0.488. The molecule has 1 aliphatic heterocycles. The van der Waals surface area contributed by atoms with Crippen molar-refractivity contribution in [3.8, 4) is 22.6 Å². The summed E-state index contributed by atoms with van der Waals surface area (Å²) in [6, 6.07) is 5.91. The van der Waals surface area contributed by atoms with Crippen LogP contribution in [0, 0.1) is 0 Å². The van der Waals surface area contributed by atoms with Crippen molar-refractivity contribution < 1.29 is 14.2 Å². The molecule has 2 aromatic heterocycles. The summed E-state index contributed by atoms with van der Waals surface area (Å²) in [6.07, 6.45) is 9.32. The number of hydrogen-bond donors (Lipinski definition) is 0. The van der Waals surface area contributed by atoms with Gasteiger partial charge in [0.25, 0.3) is 5.56 Å². The van der Waals surface area contributed by atoms with Crippen molar-refractivity contribution in [2.45, 2.75) is 25.5 Å². The number of likely N-dealkylation sites (tertiary alicyclic amines) is 1. The molecule has 0 spiro atoms. The van der Waals surface area contributed by atoms with Crippen LogP contribution in [-0.4, -0.2) is 54.5 Å². The third-order valence-electron chi connectivity index (χ3n) is 6.20. The standard InChI is InChI=1S/C26H31N3O4/c1-5-11-33-19-7-6-10-29(15-19)17-23-24(31-3)12-18(13-25(23)32-4)22-16-28(2)26(30)21-14-27-9-8-20(21)22/h5,8-9,12-14,16,19H,1,6-7,10-11,15,17H2,2-4H3. The van der Waals surface area contributed by atoms with E-state index in [1.807, 2.05) is 24.4 Å². The van der Waals surface area contributed by atoms with Gasteiger partial charge in [0.2, 0.25) is 0 Å². The van der Waals surface area contributed by atoms with Gasteiger partial charge in [-0.1, -0.05) is 6.08 Å². The molecule has 7 heteroatoms. The number of nitrogens with zero attached hydrogens (tertiary/aromatic N) is 3. The number of aromatic nitrogens is 2. The van der Waals surface area contributed by atoms with Gasteiger partial charge in [-0.05, 0) is 48.5 Å². The van der Waals surface area contributed by atoms with Crippen molar-refractivity contribution in [3.63, 3.8) is 0 Å². The average Bonchev–Trinajstić information content (AvgIpc) is 2.85. The largest absolute Gasteiger partial charge is 0.496 e. The van der Waals surface area contributed by atoms with E-state index >= 15 is 0 Å². The number of fused-ring (bicyclic) bond motifs is 1. The molecule has 1 unspecified atom stereocenters. The molecule has 3 heterocycles. The molecule has 0 saturated carbocycles. The summed E-state index contributed by atoms with van der Waals surface area (Å²) >= 11 is 0. The number of methoxy groups -OCH3 is 2. The lowest BCUT2D eigenvalue weighted by Gasteiger charge is -2.33. The first kappa shape index (κ1) is 23.0. The van der Waals surface area contributed by atoms with Crippen LogP contribution in [0.15, 0.2) is 54.2 Å². The van der Waals surface area contributed by atoms with Crippen LogP contribution in [0.1, 0.15) is 18.4 Å². The van der Waals surface area contributed by atoms with Crippen LogP contribution in [0.2, 0.25) is 0 Å². The lowest BCUT2D eigenvalue weighted by atomic mass is 9.98. The monoisotopic (exact) mass is 449 g/mol. The fourth-order valence-electron chi connectivity index (χ4n) is 4.56. The van der Waals surface area contributed by atoms with Crippen LogP contribution in [0.4, 0.5) is 0 Å². The summed E-state index contributed by atoms with van der Waals surface area (Å²) in [5.74, 6) is 1.52. The predicted molar refractivity (Wildman–Crippen MR) is 130 cm³/mol. The van der Waals surface area contributed by atoms with Crippen molar-refractivity contribution in [1.82, 2.24) is 14.5 Å². The van der Waals surface area contributed by atoms with E-state index in [4.69, 9.17) is 14.2 Å². The molecule has 0 aliphatic carbocycles. The zero-order valence-corrected chi connectivity index (χ0v) is 19.5. The van der Waals surface area contributed by atoms with Gasteiger partial charge in [0.15, 0.2) is 0 Å². The van der Waals surface area contributed by atoms with E-state index in [1.54, 1.807) is 44.3 Å². The third kappa shape index (κ3) is 4.79. The van der Waals surface area contributed by atoms with Gasteiger partial charge in [0, 0.05) is 44.3 Å². The Morgan fingerprint density at radius 3 is 2.67 bits per heavy atom. The molecule has 1 saturated heterocycles. The number of hydrogen-bond acceptors (Lipinski definition) is 6. The van der Waals surface area contributed by atoms with E-state index in [-0.39, 0.29) is 11.7 Å². The van der Waals surface area contributed by atoms with Gasteiger partial charge in [-0.25, -0.2) is 0 Å². The topological polar surface area (TPSA) is 65.8 Å². The molecular formula is C26H31N3O4. The Morgan fingerprint density at radius 1 is 1.21 bits per heavy atom. The van der Waals surface area contributed by atoms with Gasteiger partial charge in [-0.3, -0.25) is 14.7 Å². The summed E-state index contributed by atoms with van der Waals surface area (Å²) in [5, 5.41) is 1.43. The molecule has 0 N–H and O–H groups in total. The van der Waals surface area contributed by atoms with Gasteiger partial charge >= 0.3 is 0 Å². The molecule has 33 heavy (non-hydrogen) atoms. The van der Waals surface area contributed by atoms with Crippen LogP contribution in [0.5, 0.6) is 11.5 Å². The van der Waals surface area contributed by atoms with Crippen LogP contribution in [0.25, 0.3) is 21.9 Å². The SMILES string of the molecule is C=CCOC1CCCN(Cc2c(OC)cc(-c3cn(C)c(=O)c4cnccc34)cc2OC)C1. The van der Waals surface area contributed by atoms with Crippen molar-refractivity contribution >= 4 is 10.8 Å². The van der Waals surface area contributed by atoms with Gasteiger partial charge in [-0.15, -0.1) is 6.58 Å². The van der Waals surface area contributed by atoms with Gasteiger partial charge in [0.05, 0.1) is 37.9 Å². The first-order chi connectivity index (χ1) is 16.0. The first-order valence-electron chi connectivity index (χ1n) is 11.2. The number of pyridine rings is 2. The summed E-state index contributed by atoms with van der Waals surface area (Å²) in [4.78, 5) is 19.1. The van der Waals surface area contributed by atoms with Gasteiger partial charge in [0.1, 0.15) is 11.5 Å². The Bertz CT molecular complexity index is 1180. The van der Waals surface area contributed by atoms with Crippen LogP contribution < -0.4 is 15.0 Å². The molecule has 3 aromatic rings. The molecule has 0 amide bonds. The Morgan fingerprint density at radius 2 is 1.97 bits per heavy atom. The zero-order chi connectivity index (χ0) is 23.4. The lowest BCUT2D eigenvalue weighted by molar-refractivity contribution is 0.0106. The molecule has 7 nitrogen and oxygen atoms in total. The molecule has 174 valence electrons. The minimum atomic E-state index is -0.0734. The van der Waals surface area contributed by atoms with Gasteiger partial charge < -0.3 is 18.8 Å². The second kappa shape index (κ2) is 10.2. The fourth-order valence-corrected chi connectivity index (χ4v) is 4.56. The fraction of sp³-hybridized carbons (Fsp3) is 0.385. The Balaban J connectivity index is 1.72. The Hall–Kier alpha value is -3.16. The summed E-state index contributed by atoms with van der Waals surface area (Å²) in [7, 11) is 5.11.